The molecule has 1 aromatic heterocycles. The van der Waals surface area contributed by atoms with E-state index in [0.29, 0.717) is 31.5 Å². The number of nitrogen functional groups attached to an aromatic ring is 1. The Morgan fingerprint density at radius 3 is 2.70 bits per heavy atom. The maximum absolute atomic E-state index is 5.60. The quantitative estimate of drug-likeness (QED) is 0.593. The van der Waals surface area contributed by atoms with Gasteiger partial charge < -0.3 is 20.5 Å². The van der Waals surface area contributed by atoms with Crippen LogP contribution in [-0.4, -0.2) is 29.7 Å². The molecule has 0 bridgehead atoms. The van der Waals surface area contributed by atoms with E-state index in [1.165, 1.54) is 0 Å². The fraction of sp³-hybridized carbons (Fsp3) is 0.286. The van der Waals surface area contributed by atoms with Crippen LogP contribution in [0, 0.1) is 0 Å². The first-order valence-electron chi connectivity index (χ1n) is 6.45. The van der Waals surface area contributed by atoms with Crippen molar-refractivity contribution in [1.82, 2.24) is 9.97 Å². The Bertz CT molecular complexity index is 531. The highest BCUT2D eigenvalue weighted by Gasteiger charge is 1.99. The molecule has 0 saturated carbocycles. The van der Waals surface area contributed by atoms with Crippen molar-refractivity contribution in [1.29, 1.82) is 0 Å². The van der Waals surface area contributed by atoms with E-state index in [2.05, 4.69) is 15.3 Å². The molecule has 0 fully saturated rings. The minimum Gasteiger partial charge on any atom is -0.492 e. The van der Waals surface area contributed by atoms with E-state index in [1.807, 2.05) is 19.1 Å². The third-order valence-corrected chi connectivity index (χ3v) is 2.46. The number of nitrogens with two attached hydrogens (primary N) is 1. The number of ether oxygens (including phenoxy) is 2. The molecule has 0 unspecified atom stereocenters. The summed E-state index contributed by atoms with van der Waals surface area (Å²) in [6.07, 6.45) is 3.23. The molecule has 6 heteroatoms. The van der Waals surface area contributed by atoms with E-state index < -0.39 is 0 Å². The molecule has 0 aliphatic heterocycles. The topological polar surface area (TPSA) is 82.3 Å². The van der Waals surface area contributed by atoms with Gasteiger partial charge in [0.2, 0.25) is 5.88 Å². The van der Waals surface area contributed by atoms with Crippen molar-refractivity contribution in [2.45, 2.75) is 6.92 Å². The van der Waals surface area contributed by atoms with Crippen LogP contribution in [0.1, 0.15) is 6.92 Å². The molecule has 1 heterocycles. The van der Waals surface area contributed by atoms with Gasteiger partial charge in [0.1, 0.15) is 18.2 Å². The predicted molar refractivity (Wildman–Crippen MR) is 78.0 cm³/mol. The molecule has 0 amide bonds. The summed E-state index contributed by atoms with van der Waals surface area (Å²) in [5, 5.41) is 3.12. The van der Waals surface area contributed by atoms with Gasteiger partial charge >= 0.3 is 0 Å². The van der Waals surface area contributed by atoms with Gasteiger partial charge in [0, 0.05) is 5.69 Å². The Labute approximate surface area is 118 Å². The van der Waals surface area contributed by atoms with Gasteiger partial charge in [-0.15, -0.1) is 0 Å². The molecule has 0 saturated heterocycles. The number of hydrogen-bond donors (Lipinski definition) is 2. The summed E-state index contributed by atoms with van der Waals surface area (Å²) in [4.78, 5) is 8.30. The summed E-state index contributed by atoms with van der Waals surface area (Å²) in [6.45, 7) is 3.61. The molecular formula is C14H18N4O2. The van der Waals surface area contributed by atoms with E-state index in [9.17, 15) is 0 Å². The maximum Gasteiger partial charge on any atom is 0.234 e. The van der Waals surface area contributed by atoms with Crippen LogP contribution >= 0.6 is 0 Å². The number of benzene rings is 1. The molecule has 6 nitrogen and oxygen atoms in total. The largest absolute Gasteiger partial charge is 0.492 e. The fourth-order valence-corrected chi connectivity index (χ4v) is 1.56. The third kappa shape index (κ3) is 4.31. The normalized spacial score (nSPS) is 10.1. The molecule has 0 radical (unpaired) electrons. The van der Waals surface area contributed by atoms with Crippen molar-refractivity contribution in [3.05, 3.63) is 36.7 Å². The lowest BCUT2D eigenvalue weighted by atomic mass is 10.3. The number of hydrogen-bond acceptors (Lipinski definition) is 6. The number of nitrogens with zero attached hydrogens (tertiary/aromatic N) is 2. The van der Waals surface area contributed by atoms with Crippen LogP contribution in [-0.2, 0) is 0 Å². The number of nitrogens with one attached hydrogen (secondary N) is 1. The Hall–Kier alpha value is -2.50. The molecule has 0 aliphatic carbocycles. The van der Waals surface area contributed by atoms with Gasteiger partial charge in [0.05, 0.1) is 25.5 Å². The summed E-state index contributed by atoms with van der Waals surface area (Å²) in [5.74, 6) is 1.96. The van der Waals surface area contributed by atoms with Gasteiger partial charge in [0.15, 0.2) is 0 Å². The second kappa shape index (κ2) is 7.18. The summed E-state index contributed by atoms with van der Waals surface area (Å²) < 4.78 is 10.8. The zero-order valence-corrected chi connectivity index (χ0v) is 11.4. The molecule has 20 heavy (non-hydrogen) atoms. The first-order valence-corrected chi connectivity index (χ1v) is 6.45. The van der Waals surface area contributed by atoms with Crippen LogP contribution in [0.25, 0.3) is 0 Å². The summed E-state index contributed by atoms with van der Waals surface area (Å²) in [7, 11) is 0. The van der Waals surface area contributed by atoms with Gasteiger partial charge in [-0.3, -0.25) is 4.98 Å². The van der Waals surface area contributed by atoms with Gasteiger partial charge in [-0.05, 0) is 31.2 Å². The molecule has 2 rings (SSSR count). The van der Waals surface area contributed by atoms with Crippen LogP contribution in [0.4, 0.5) is 11.5 Å². The molecule has 106 valence electrons. The highest BCUT2D eigenvalue weighted by Crippen LogP contribution is 2.13. The average molecular weight is 274 g/mol. The second-order valence-corrected chi connectivity index (χ2v) is 4.02. The van der Waals surface area contributed by atoms with Crippen LogP contribution in [0.5, 0.6) is 11.6 Å². The van der Waals surface area contributed by atoms with Crippen molar-refractivity contribution in [2.24, 2.45) is 0 Å². The lowest BCUT2D eigenvalue weighted by Crippen LogP contribution is -2.12. The summed E-state index contributed by atoms with van der Waals surface area (Å²) in [6, 6.07) is 7.29. The molecule has 3 N–H and O–H groups in total. The highest BCUT2D eigenvalue weighted by molar-refractivity contribution is 5.41. The lowest BCUT2D eigenvalue weighted by Gasteiger charge is -2.09. The molecule has 1 aromatic carbocycles. The third-order valence-electron chi connectivity index (χ3n) is 2.46. The SMILES string of the molecule is CCOc1cncc(NCCOc2ccc(N)cc2)n1. The second-order valence-electron chi connectivity index (χ2n) is 4.02. The molecule has 2 aromatic rings. The van der Waals surface area contributed by atoms with Gasteiger partial charge in [-0.1, -0.05) is 0 Å². The lowest BCUT2D eigenvalue weighted by molar-refractivity contribution is 0.324. The summed E-state index contributed by atoms with van der Waals surface area (Å²) in [5.41, 5.74) is 6.32. The number of anilines is 2. The molecule has 0 spiro atoms. The predicted octanol–water partition coefficient (Wildman–Crippen LogP) is 1.95. The average Bonchev–Trinajstić information content (AvgIpc) is 2.46. The van der Waals surface area contributed by atoms with Crippen LogP contribution < -0.4 is 20.5 Å². The van der Waals surface area contributed by atoms with Crippen LogP contribution in [0.15, 0.2) is 36.7 Å². The van der Waals surface area contributed by atoms with Crippen molar-refractivity contribution in [2.75, 3.05) is 30.8 Å². The van der Waals surface area contributed by atoms with Gasteiger partial charge in [0.25, 0.3) is 0 Å². The Balaban J connectivity index is 1.75. The van der Waals surface area contributed by atoms with Crippen molar-refractivity contribution < 1.29 is 9.47 Å². The minimum absolute atomic E-state index is 0.511. The van der Waals surface area contributed by atoms with Gasteiger partial charge in [-0.25, -0.2) is 0 Å². The van der Waals surface area contributed by atoms with Crippen molar-refractivity contribution in [3.8, 4) is 11.6 Å². The first-order chi connectivity index (χ1) is 9.78. The standard InChI is InChI=1S/C14H18N4O2/c1-2-19-14-10-16-9-13(18-14)17-7-8-20-12-5-3-11(15)4-6-12/h3-6,9-10H,2,7-8,15H2,1H3,(H,17,18). The van der Waals surface area contributed by atoms with E-state index in [0.717, 1.165) is 11.4 Å². The van der Waals surface area contributed by atoms with Crippen molar-refractivity contribution >= 4 is 11.5 Å². The Morgan fingerprint density at radius 2 is 1.95 bits per heavy atom. The van der Waals surface area contributed by atoms with E-state index >= 15 is 0 Å². The number of aromatic nitrogens is 2. The molecular weight excluding hydrogens is 256 g/mol. The molecule has 0 atom stereocenters. The zero-order chi connectivity index (χ0) is 14.2. The monoisotopic (exact) mass is 274 g/mol. The Kier molecular flexibility index (Phi) is 5.00. The summed E-state index contributed by atoms with van der Waals surface area (Å²) >= 11 is 0. The molecule has 0 aliphatic rings. The van der Waals surface area contributed by atoms with Gasteiger partial charge in [-0.2, -0.15) is 4.98 Å². The smallest absolute Gasteiger partial charge is 0.234 e. The van der Waals surface area contributed by atoms with E-state index in [-0.39, 0.29) is 0 Å². The minimum atomic E-state index is 0.511. The van der Waals surface area contributed by atoms with E-state index in [1.54, 1.807) is 24.5 Å². The van der Waals surface area contributed by atoms with Crippen LogP contribution in [0.3, 0.4) is 0 Å². The Morgan fingerprint density at radius 1 is 1.15 bits per heavy atom. The zero-order valence-electron chi connectivity index (χ0n) is 11.4. The van der Waals surface area contributed by atoms with Crippen molar-refractivity contribution in [3.63, 3.8) is 0 Å². The maximum atomic E-state index is 5.60. The highest BCUT2D eigenvalue weighted by atomic mass is 16.5. The first kappa shape index (κ1) is 13.9. The number of rotatable bonds is 7. The fourth-order valence-electron chi connectivity index (χ4n) is 1.56. The van der Waals surface area contributed by atoms with Crippen LogP contribution in [0.2, 0.25) is 0 Å². The van der Waals surface area contributed by atoms with E-state index in [4.69, 9.17) is 15.2 Å².